The minimum Gasteiger partial charge on any atom is -0.462 e. The molecule has 0 amide bonds. The van der Waals surface area contributed by atoms with Crippen LogP contribution in [0, 0.1) is 0 Å². The summed E-state index contributed by atoms with van der Waals surface area (Å²) in [5.41, 5.74) is 4.59. The summed E-state index contributed by atoms with van der Waals surface area (Å²) in [6, 6.07) is 1.25. The Kier molecular flexibility index (Phi) is 34.1. The lowest BCUT2D eigenvalue weighted by Crippen LogP contribution is -2.36. The highest BCUT2D eigenvalue weighted by Crippen LogP contribution is 2.60. The topological polar surface area (TPSA) is 265 Å². The molecule has 18 nitrogen and oxygen atoms in total. The van der Waals surface area contributed by atoms with Crippen molar-refractivity contribution in [1.29, 1.82) is 0 Å². The van der Waals surface area contributed by atoms with Crippen LogP contribution in [-0.4, -0.2) is 85.7 Å². The number of nitrogens with zero attached hydrogens (tertiary/aromatic N) is 2. The molecular formula is C48H89N3O15P2. The monoisotopic (exact) mass is 1010 g/mol. The van der Waals surface area contributed by atoms with Crippen LogP contribution in [0.2, 0.25) is 0 Å². The van der Waals surface area contributed by atoms with Gasteiger partial charge in [0.15, 0.2) is 12.3 Å². The minimum atomic E-state index is -5.42. The number of aliphatic hydroxyl groups is 2. The molecule has 2 heterocycles. The zero-order valence-corrected chi connectivity index (χ0v) is 43.2. The average Bonchev–Trinajstić information content (AvgIpc) is 3.57. The van der Waals surface area contributed by atoms with Crippen LogP contribution in [0.1, 0.15) is 226 Å². The number of rotatable bonds is 44. The molecule has 20 heteroatoms. The molecule has 0 saturated carbocycles. The summed E-state index contributed by atoms with van der Waals surface area (Å²) in [6.45, 7) is 2.19. The third-order valence-corrected chi connectivity index (χ3v) is 14.8. The van der Waals surface area contributed by atoms with Gasteiger partial charge in [-0.25, -0.2) is 13.9 Å². The largest absolute Gasteiger partial charge is 0.481 e. The molecule has 1 fully saturated rings. The summed E-state index contributed by atoms with van der Waals surface area (Å²) in [5, 5.41) is 20.9. The number of ether oxygens (including phenoxy) is 3. The summed E-state index contributed by atoms with van der Waals surface area (Å²) in [7, 11) is -10.8. The first-order chi connectivity index (χ1) is 32.7. The van der Waals surface area contributed by atoms with Gasteiger partial charge in [-0.1, -0.05) is 194 Å². The zero-order valence-electron chi connectivity index (χ0n) is 41.4. The number of esters is 2. The first-order valence-electron chi connectivity index (χ1n) is 26.0. The third-order valence-electron chi connectivity index (χ3n) is 12.2. The number of carbonyl (C=O) groups excluding carboxylic acids is 2. The average molecular weight is 1010 g/mol. The Morgan fingerprint density at radius 3 is 1.50 bits per heavy atom. The maximum Gasteiger partial charge on any atom is 0.481 e. The molecule has 1 aromatic rings. The number of hydrogen-bond acceptors (Lipinski definition) is 15. The highest BCUT2D eigenvalue weighted by Gasteiger charge is 2.46. The Morgan fingerprint density at radius 2 is 1.06 bits per heavy atom. The van der Waals surface area contributed by atoms with Gasteiger partial charge >= 0.3 is 33.3 Å². The Morgan fingerprint density at radius 1 is 0.647 bits per heavy atom. The molecule has 0 bridgehead atoms. The summed E-state index contributed by atoms with van der Waals surface area (Å²) in [4.78, 5) is 61.9. The Labute approximate surface area is 406 Å². The number of unbranched alkanes of at least 4 members (excludes halogenated alkanes) is 28. The first kappa shape index (κ1) is 61.9. The molecule has 1 saturated heterocycles. The van der Waals surface area contributed by atoms with Gasteiger partial charge in [-0.2, -0.15) is 9.29 Å². The van der Waals surface area contributed by atoms with Crippen molar-refractivity contribution in [1.82, 2.24) is 9.55 Å². The van der Waals surface area contributed by atoms with Crippen molar-refractivity contribution in [3.05, 3.63) is 22.7 Å². The fourth-order valence-electron chi connectivity index (χ4n) is 8.14. The number of nitrogens with two attached hydrogens (primary N) is 1. The first-order valence-corrected chi connectivity index (χ1v) is 29.0. The van der Waals surface area contributed by atoms with E-state index >= 15 is 0 Å². The highest BCUT2D eigenvalue weighted by molar-refractivity contribution is 7.61. The van der Waals surface area contributed by atoms with E-state index in [4.69, 9.17) is 29.0 Å². The molecule has 2 rings (SSSR count). The van der Waals surface area contributed by atoms with E-state index in [2.05, 4.69) is 23.1 Å². The highest BCUT2D eigenvalue weighted by atomic mass is 31.3. The second kappa shape index (κ2) is 37.5. The molecule has 1 aliphatic rings. The number of hydrogen-bond donors (Lipinski definition) is 5. The molecule has 6 N–H and O–H groups in total. The molecule has 396 valence electrons. The fraction of sp³-hybridized carbons (Fsp3) is 0.875. The summed E-state index contributed by atoms with van der Waals surface area (Å²) >= 11 is 0. The molecule has 0 aliphatic carbocycles. The number of aliphatic hydroxyl groups excluding tert-OH is 2. The van der Waals surface area contributed by atoms with E-state index in [9.17, 15) is 43.5 Å². The molecule has 0 aromatic carbocycles. The molecule has 7 atom stereocenters. The van der Waals surface area contributed by atoms with Gasteiger partial charge in [0.1, 0.15) is 30.7 Å². The van der Waals surface area contributed by atoms with Crippen molar-refractivity contribution >= 4 is 33.4 Å². The molecule has 1 aliphatic heterocycles. The molecule has 0 radical (unpaired) electrons. The van der Waals surface area contributed by atoms with Crippen LogP contribution >= 0.6 is 15.6 Å². The smallest absolute Gasteiger partial charge is 0.462 e. The second-order valence-corrected chi connectivity index (χ2v) is 21.4. The minimum absolute atomic E-state index is 0.0584. The predicted molar refractivity (Wildman–Crippen MR) is 261 cm³/mol. The van der Waals surface area contributed by atoms with Crippen LogP contribution in [0.5, 0.6) is 0 Å². The van der Waals surface area contributed by atoms with E-state index < -0.39 is 83.7 Å². The van der Waals surface area contributed by atoms with Gasteiger partial charge in [0.2, 0.25) is 0 Å². The zero-order chi connectivity index (χ0) is 49.9. The molecule has 68 heavy (non-hydrogen) atoms. The van der Waals surface area contributed by atoms with Crippen molar-refractivity contribution in [2.24, 2.45) is 0 Å². The normalized spacial score (nSPS) is 19.4. The van der Waals surface area contributed by atoms with E-state index in [-0.39, 0.29) is 18.7 Å². The van der Waals surface area contributed by atoms with Crippen molar-refractivity contribution < 1.29 is 66.3 Å². The van der Waals surface area contributed by atoms with E-state index in [1.54, 1.807) is 0 Å². The van der Waals surface area contributed by atoms with Gasteiger partial charge in [0.25, 0.3) is 0 Å². The Bertz CT molecular complexity index is 1640. The van der Waals surface area contributed by atoms with E-state index in [0.717, 1.165) is 49.5 Å². The number of nitrogen functional groups attached to an aromatic ring is 1. The van der Waals surface area contributed by atoms with Crippen LogP contribution in [0.3, 0.4) is 0 Å². The molecule has 0 spiro atoms. The van der Waals surface area contributed by atoms with Gasteiger partial charge in [-0.15, -0.1) is 0 Å². The lowest BCUT2D eigenvalue weighted by atomic mass is 10.0. The predicted octanol–water partition coefficient (Wildman–Crippen LogP) is 10.7. The summed E-state index contributed by atoms with van der Waals surface area (Å²) in [5.74, 6) is -1.27. The van der Waals surface area contributed by atoms with Gasteiger partial charge in [-0.3, -0.25) is 23.2 Å². The van der Waals surface area contributed by atoms with Crippen LogP contribution in [-0.2, 0) is 46.3 Å². The number of aromatic nitrogens is 2. The standard InChI is InChI=1S/C48H89N3O15P2/c1-3-5-7-9-11-13-15-17-19-21-23-25-27-29-31-33-43(52)61-37-40(64-44(53)34-32-30-28-26-24-22-20-18-16-14-12-10-8-6-4-2)38-62-67(57,58)66-68(59,60)63-39-41-45(54)46(55)47(65-41)51-36-35-42(49)50-48(51)56/h35-36,40-41,45-47,54-55H,3-34,37-39H2,1-2H3,(H,57,58)(H,59,60)(H2,49,50,56)/t40?,41-,45-,46+,47-/m1/s1. The maximum atomic E-state index is 12.9. The molecule has 1 aromatic heterocycles. The number of phosphoric ester groups is 2. The van der Waals surface area contributed by atoms with Gasteiger partial charge < -0.3 is 39.9 Å². The molecule has 3 unspecified atom stereocenters. The van der Waals surface area contributed by atoms with Crippen LogP contribution in [0.15, 0.2) is 17.1 Å². The van der Waals surface area contributed by atoms with Crippen LogP contribution in [0.4, 0.5) is 5.82 Å². The lowest BCUT2D eigenvalue weighted by Gasteiger charge is -2.21. The number of anilines is 1. The van der Waals surface area contributed by atoms with E-state index in [1.807, 2.05) is 0 Å². The van der Waals surface area contributed by atoms with Crippen molar-refractivity contribution in [2.45, 2.75) is 250 Å². The van der Waals surface area contributed by atoms with E-state index in [1.165, 1.54) is 147 Å². The molecular weight excluding hydrogens is 920 g/mol. The lowest BCUT2D eigenvalue weighted by molar-refractivity contribution is -0.161. The second-order valence-electron chi connectivity index (χ2n) is 18.4. The quantitative estimate of drug-likeness (QED) is 0.0231. The van der Waals surface area contributed by atoms with Crippen molar-refractivity contribution in [3.8, 4) is 0 Å². The number of phosphoric acid groups is 2. The Hall–Kier alpha value is -2.24. The summed E-state index contributed by atoms with van der Waals surface area (Å²) in [6.07, 6.45) is 28.9. The van der Waals surface area contributed by atoms with Crippen molar-refractivity contribution in [2.75, 3.05) is 25.6 Å². The van der Waals surface area contributed by atoms with Crippen LogP contribution < -0.4 is 11.4 Å². The maximum absolute atomic E-state index is 12.9. The SMILES string of the molecule is CCCCCCCCCCCCCCCCCC(=O)OCC(COP(=O)(O)OP(=O)(O)OC[C@H]1O[C@@H](n2ccc(N)nc2=O)[C@@H](O)[C@@H]1O)OC(=O)CCCCCCCCCCCCCCCCC. The van der Waals surface area contributed by atoms with Gasteiger partial charge in [0.05, 0.1) is 13.2 Å². The van der Waals surface area contributed by atoms with E-state index in [0.29, 0.717) is 12.8 Å². The van der Waals surface area contributed by atoms with Gasteiger partial charge in [-0.05, 0) is 18.9 Å². The van der Waals surface area contributed by atoms with Gasteiger partial charge in [0, 0.05) is 19.0 Å². The number of carbonyl (C=O) groups is 2. The van der Waals surface area contributed by atoms with Crippen LogP contribution in [0.25, 0.3) is 0 Å². The third kappa shape index (κ3) is 29.8. The fourth-order valence-corrected chi connectivity index (χ4v) is 10.2. The summed E-state index contributed by atoms with van der Waals surface area (Å²) < 4.78 is 56.8. The van der Waals surface area contributed by atoms with Crippen molar-refractivity contribution in [3.63, 3.8) is 0 Å². The Balaban J connectivity index is 1.78.